The molecule has 0 fully saturated rings. The van der Waals surface area contributed by atoms with Crippen molar-refractivity contribution in [1.82, 2.24) is 4.98 Å². The Hall–Kier alpha value is -2.40. The van der Waals surface area contributed by atoms with Crippen molar-refractivity contribution < 1.29 is 14.3 Å². The summed E-state index contributed by atoms with van der Waals surface area (Å²) in [5.41, 5.74) is 2.28. The predicted molar refractivity (Wildman–Crippen MR) is 88.7 cm³/mol. The number of carbonyl (C=O) groups excluding carboxylic acids is 2. The van der Waals surface area contributed by atoms with Gasteiger partial charge >= 0.3 is 5.97 Å². The highest BCUT2D eigenvalue weighted by molar-refractivity contribution is 6.30. The number of anilines is 1. The van der Waals surface area contributed by atoms with Crippen LogP contribution in [0.5, 0.6) is 0 Å². The van der Waals surface area contributed by atoms with Gasteiger partial charge in [0.1, 0.15) is 5.82 Å². The number of nitrogens with one attached hydrogen (secondary N) is 1. The largest absolute Gasteiger partial charge is 0.449 e. The predicted octanol–water partition coefficient (Wildman–Crippen LogP) is 3.54. The van der Waals surface area contributed by atoms with Crippen LogP contribution in [-0.4, -0.2) is 23.0 Å². The second kappa shape index (κ2) is 7.24. The summed E-state index contributed by atoms with van der Waals surface area (Å²) in [6.45, 7) is 5.26. The van der Waals surface area contributed by atoms with Crippen molar-refractivity contribution in [2.24, 2.45) is 0 Å². The summed E-state index contributed by atoms with van der Waals surface area (Å²) in [6.07, 6.45) is 0.476. The van der Waals surface area contributed by atoms with E-state index in [4.69, 9.17) is 16.3 Å². The molecule has 2 aromatic rings. The van der Waals surface area contributed by atoms with Gasteiger partial charge in [-0.05, 0) is 50.1 Å². The Kier molecular flexibility index (Phi) is 5.34. The van der Waals surface area contributed by atoms with Crippen LogP contribution < -0.4 is 5.32 Å². The number of amides is 1. The fraction of sp³-hybridized carbons (Fsp3) is 0.235. The number of aromatic nitrogens is 1. The Labute approximate surface area is 139 Å². The van der Waals surface area contributed by atoms with Gasteiger partial charge in [0, 0.05) is 6.20 Å². The van der Waals surface area contributed by atoms with Crippen LogP contribution in [-0.2, 0) is 9.53 Å². The Bertz CT molecular complexity index is 729. The molecule has 6 heteroatoms. The van der Waals surface area contributed by atoms with E-state index in [1.54, 1.807) is 24.3 Å². The number of hydrogen-bond donors (Lipinski definition) is 1. The topological polar surface area (TPSA) is 68.3 Å². The van der Waals surface area contributed by atoms with Crippen LogP contribution in [0.1, 0.15) is 28.4 Å². The molecule has 5 nitrogen and oxygen atoms in total. The molecule has 0 aliphatic carbocycles. The Morgan fingerprint density at radius 3 is 2.61 bits per heavy atom. The molecule has 0 saturated heterocycles. The summed E-state index contributed by atoms with van der Waals surface area (Å²) < 4.78 is 5.23. The molecular weight excluding hydrogens is 316 g/mol. The van der Waals surface area contributed by atoms with Crippen LogP contribution in [0.3, 0.4) is 0 Å². The van der Waals surface area contributed by atoms with Crippen LogP contribution in [0, 0.1) is 13.8 Å². The minimum Gasteiger partial charge on any atom is -0.449 e. The van der Waals surface area contributed by atoms with Crippen molar-refractivity contribution in [1.29, 1.82) is 0 Å². The lowest BCUT2D eigenvalue weighted by Gasteiger charge is -2.14. The summed E-state index contributed by atoms with van der Waals surface area (Å²) in [7, 11) is 0. The molecule has 0 aliphatic rings. The first kappa shape index (κ1) is 17.0. The van der Waals surface area contributed by atoms with Crippen molar-refractivity contribution in [3.8, 4) is 0 Å². The van der Waals surface area contributed by atoms with E-state index in [0.717, 1.165) is 11.1 Å². The van der Waals surface area contributed by atoms with Gasteiger partial charge in [-0.15, -0.1) is 0 Å². The standard InChI is InChI=1S/C17H17ClN2O3/c1-10-5-4-6-14(11(10)2)17(22)23-12(3)16(21)20-15-8-7-13(18)9-19-15/h4-9,12H,1-3H3,(H,19,20,21)/t12-/m1/s1. The summed E-state index contributed by atoms with van der Waals surface area (Å²) in [4.78, 5) is 28.2. The number of nitrogens with zero attached hydrogens (tertiary/aromatic N) is 1. The number of rotatable bonds is 4. The van der Waals surface area contributed by atoms with E-state index in [1.807, 2.05) is 19.9 Å². The van der Waals surface area contributed by atoms with E-state index < -0.39 is 18.0 Å². The maximum atomic E-state index is 12.2. The fourth-order valence-electron chi connectivity index (χ4n) is 1.93. The van der Waals surface area contributed by atoms with Crippen molar-refractivity contribution >= 4 is 29.3 Å². The van der Waals surface area contributed by atoms with Crippen molar-refractivity contribution in [2.75, 3.05) is 5.32 Å². The van der Waals surface area contributed by atoms with Crippen LogP contribution in [0.25, 0.3) is 0 Å². The van der Waals surface area contributed by atoms with Gasteiger partial charge in [-0.25, -0.2) is 9.78 Å². The maximum Gasteiger partial charge on any atom is 0.339 e. The van der Waals surface area contributed by atoms with Gasteiger partial charge in [-0.1, -0.05) is 23.7 Å². The third-order valence-electron chi connectivity index (χ3n) is 3.46. The molecule has 1 amide bonds. The number of pyridine rings is 1. The van der Waals surface area contributed by atoms with Crippen LogP contribution in [0.4, 0.5) is 5.82 Å². The van der Waals surface area contributed by atoms with Crippen LogP contribution in [0.2, 0.25) is 5.02 Å². The van der Waals surface area contributed by atoms with Crippen molar-refractivity contribution in [3.63, 3.8) is 0 Å². The number of aryl methyl sites for hydroxylation is 1. The summed E-state index contributed by atoms with van der Waals surface area (Å²) in [5.74, 6) is -0.648. The first-order chi connectivity index (χ1) is 10.9. The quantitative estimate of drug-likeness (QED) is 0.869. The molecule has 0 unspecified atom stereocenters. The second-order valence-corrected chi connectivity index (χ2v) is 5.58. The van der Waals surface area contributed by atoms with Crippen LogP contribution >= 0.6 is 11.6 Å². The lowest BCUT2D eigenvalue weighted by atomic mass is 10.0. The zero-order valence-electron chi connectivity index (χ0n) is 13.1. The monoisotopic (exact) mass is 332 g/mol. The Morgan fingerprint density at radius 2 is 1.96 bits per heavy atom. The molecule has 0 aliphatic heterocycles. The van der Waals surface area contributed by atoms with Crippen molar-refractivity contribution in [2.45, 2.75) is 26.9 Å². The molecule has 1 atom stereocenters. The second-order valence-electron chi connectivity index (χ2n) is 5.15. The van der Waals surface area contributed by atoms with E-state index in [2.05, 4.69) is 10.3 Å². The fourth-order valence-corrected chi connectivity index (χ4v) is 2.04. The number of benzene rings is 1. The molecule has 1 aromatic carbocycles. The molecule has 23 heavy (non-hydrogen) atoms. The smallest absolute Gasteiger partial charge is 0.339 e. The lowest BCUT2D eigenvalue weighted by Crippen LogP contribution is -2.30. The van der Waals surface area contributed by atoms with E-state index >= 15 is 0 Å². The molecule has 0 saturated carbocycles. The van der Waals surface area contributed by atoms with Crippen LogP contribution in [0.15, 0.2) is 36.5 Å². The average molecular weight is 333 g/mol. The highest BCUT2D eigenvalue weighted by atomic mass is 35.5. The van der Waals surface area contributed by atoms with Gasteiger partial charge in [-0.3, -0.25) is 4.79 Å². The molecule has 120 valence electrons. The summed E-state index contributed by atoms with van der Waals surface area (Å²) in [5, 5.41) is 3.04. The van der Waals surface area contributed by atoms with Gasteiger partial charge in [0.25, 0.3) is 5.91 Å². The molecule has 1 N–H and O–H groups in total. The van der Waals surface area contributed by atoms with Gasteiger partial charge in [-0.2, -0.15) is 0 Å². The minimum atomic E-state index is -0.945. The van der Waals surface area contributed by atoms with E-state index in [-0.39, 0.29) is 0 Å². The molecule has 1 aromatic heterocycles. The molecule has 1 heterocycles. The number of halogens is 1. The molecule has 2 rings (SSSR count). The number of hydrogen-bond acceptors (Lipinski definition) is 4. The molecule has 0 bridgehead atoms. The zero-order valence-corrected chi connectivity index (χ0v) is 13.8. The van der Waals surface area contributed by atoms with E-state index in [0.29, 0.717) is 16.4 Å². The summed E-state index contributed by atoms with van der Waals surface area (Å²) >= 11 is 5.73. The first-order valence-electron chi connectivity index (χ1n) is 7.08. The molecule has 0 radical (unpaired) electrons. The van der Waals surface area contributed by atoms with Gasteiger partial charge in [0.2, 0.25) is 0 Å². The molecule has 0 spiro atoms. The number of esters is 1. The third-order valence-corrected chi connectivity index (χ3v) is 3.68. The van der Waals surface area contributed by atoms with Gasteiger partial charge in [0.05, 0.1) is 10.6 Å². The summed E-state index contributed by atoms with van der Waals surface area (Å²) in [6, 6.07) is 8.54. The van der Waals surface area contributed by atoms with Crippen molar-refractivity contribution in [3.05, 3.63) is 58.2 Å². The minimum absolute atomic E-state index is 0.342. The molecular formula is C17H17ClN2O3. The highest BCUT2D eigenvalue weighted by Crippen LogP contribution is 2.15. The van der Waals surface area contributed by atoms with Gasteiger partial charge in [0.15, 0.2) is 6.10 Å². The SMILES string of the molecule is Cc1cccc(C(=O)O[C@H](C)C(=O)Nc2ccc(Cl)cn2)c1C. The maximum absolute atomic E-state index is 12.2. The normalized spacial score (nSPS) is 11.7. The first-order valence-corrected chi connectivity index (χ1v) is 7.46. The highest BCUT2D eigenvalue weighted by Gasteiger charge is 2.20. The average Bonchev–Trinajstić information content (AvgIpc) is 2.52. The van der Waals surface area contributed by atoms with E-state index in [9.17, 15) is 9.59 Å². The Morgan fingerprint density at radius 1 is 1.22 bits per heavy atom. The zero-order chi connectivity index (χ0) is 17.0. The number of ether oxygens (including phenoxy) is 1. The van der Waals surface area contributed by atoms with E-state index in [1.165, 1.54) is 13.1 Å². The lowest BCUT2D eigenvalue weighted by molar-refractivity contribution is -0.123. The van der Waals surface area contributed by atoms with Gasteiger partial charge < -0.3 is 10.1 Å². The Balaban J connectivity index is 2.01. The number of carbonyl (C=O) groups is 2. The third kappa shape index (κ3) is 4.29.